The zero-order valence-electron chi connectivity index (χ0n) is 12.5. The van der Waals surface area contributed by atoms with Crippen molar-refractivity contribution in [3.05, 3.63) is 22.4 Å². The molecule has 0 saturated carbocycles. The van der Waals surface area contributed by atoms with E-state index in [1.54, 1.807) is 11.3 Å². The Labute approximate surface area is 132 Å². The average Bonchev–Trinajstić information content (AvgIpc) is 3.07. The van der Waals surface area contributed by atoms with Gasteiger partial charge in [0.05, 0.1) is 17.5 Å². The zero-order valence-corrected chi connectivity index (χ0v) is 14.1. The first kappa shape index (κ1) is 16.0. The van der Waals surface area contributed by atoms with Crippen LogP contribution in [0.3, 0.4) is 0 Å². The lowest BCUT2D eigenvalue weighted by Gasteiger charge is -2.15. The van der Waals surface area contributed by atoms with Gasteiger partial charge in [-0.15, -0.1) is 11.3 Å². The van der Waals surface area contributed by atoms with Gasteiger partial charge in [-0.25, -0.2) is 9.97 Å². The van der Waals surface area contributed by atoms with Crippen LogP contribution in [0.1, 0.15) is 44.4 Å². The molecule has 1 unspecified atom stereocenters. The van der Waals surface area contributed by atoms with Crippen molar-refractivity contribution < 1.29 is 4.79 Å². The molecule has 21 heavy (non-hydrogen) atoms. The van der Waals surface area contributed by atoms with E-state index in [1.807, 2.05) is 6.92 Å². The van der Waals surface area contributed by atoms with Crippen molar-refractivity contribution >= 4 is 29.0 Å². The van der Waals surface area contributed by atoms with E-state index in [0.717, 1.165) is 10.7 Å². The monoisotopic (exact) mass is 325 g/mol. The lowest BCUT2D eigenvalue weighted by molar-refractivity contribution is -0.119. The molecule has 6 nitrogen and oxygen atoms in total. The number of aromatic amines is 1. The predicted octanol–water partition coefficient (Wildman–Crippen LogP) is 2.53. The van der Waals surface area contributed by atoms with Crippen LogP contribution < -0.4 is 5.32 Å². The van der Waals surface area contributed by atoms with Gasteiger partial charge in [0.2, 0.25) is 5.91 Å². The van der Waals surface area contributed by atoms with Crippen LogP contribution in [0.25, 0.3) is 0 Å². The van der Waals surface area contributed by atoms with Gasteiger partial charge in [-0.2, -0.15) is 5.10 Å². The first-order valence-corrected chi connectivity index (χ1v) is 8.46. The van der Waals surface area contributed by atoms with Crippen molar-refractivity contribution in [2.24, 2.45) is 0 Å². The maximum Gasteiger partial charge on any atom is 0.231 e. The second-order valence-electron chi connectivity index (χ2n) is 5.69. The Bertz CT molecular complexity index is 588. The lowest BCUT2D eigenvalue weighted by Crippen LogP contribution is -2.28. The average molecular weight is 325 g/mol. The maximum atomic E-state index is 11.9. The number of H-pyrrole nitrogens is 1. The zero-order chi connectivity index (χ0) is 15.5. The maximum absolute atomic E-state index is 11.9. The summed E-state index contributed by atoms with van der Waals surface area (Å²) in [6.07, 6.45) is 1.42. The number of hydrogen-bond donors (Lipinski definition) is 2. The molecule has 0 aliphatic heterocycles. The minimum absolute atomic E-state index is 0.0284. The summed E-state index contributed by atoms with van der Waals surface area (Å²) in [6, 6.07) is -0.0890. The van der Waals surface area contributed by atoms with Crippen molar-refractivity contribution in [2.75, 3.05) is 5.75 Å². The highest BCUT2D eigenvalue weighted by atomic mass is 32.2. The molecule has 0 fully saturated rings. The first-order chi connectivity index (χ1) is 9.86. The number of carbonyl (C=O) groups is 1. The van der Waals surface area contributed by atoms with Crippen molar-refractivity contribution in [1.82, 2.24) is 25.5 Å². The minimum atomic E-state index is -0.0890. The lowest BCUT2D eigenvalue weighted by atomic mass is 9.93. The topological polar surface area (TPSA) is 83.6 Å². The molecule has 0 aliphatic carbocycles. The second-order valence-corrected chi connectivity index (χ2v) is 7.54. The largest absolute Gasteiger partial charge is 0.346 e. The summed E-state index contributed by atoms with van der Waals surface area (Å²) in [5, 5.41) is 13.0. The van der Waals surface area contributed by atoms with E-state index in [2.05, 4.69) is 51.6 Å². The molecular weight excluding hydrogens is 306 g/mol. The Morgan fingerprint density at radius 3 is 2.86 bits per heavy atom. The van der Waals surface area contributed by atoms with E-state index in [4.69, 9.17) is 0 Å². The van der Waals surface area contributed by atoms with Crippen molar-refractivity contribution in [3.63, 3.8) is 0 Å². The molecule has 0 saturated heterocycles. The quantitative estimate of drug-likeness (QED) is 0.825. The van der Waals surface area contributed by atoms with Gasteiger partial charge in [-0.05, 0) is 6.92 Å². The van der Waals surface area contributed by atoms with Gasteiger partial charge >= 0.3 is 0 Å². The molecule has 0 aliphatic rings. The summed E-state index contributed by atoms with van der Waals surface area (Å²) < 4.78 is 0. The number of nitrogens with zero attached hydrogens (tertiary/aromatic N) is 3. The van der Waals surface area contributed by atoms with Crippen LogP contribution in [0.2, 0.25) is 0 Å². The highest BCUT2D eigenvalue weighted by Crippen LogP contribution is 2.26. The van der Waals surface area contributed by atoms with Gasteiger partial charge in [-0.1, -0.05) is 32.5 Å². The van der Waals surface area contributed by atoms with Crippen LogP contribution in [0.15, 0.2) is 16.9 Å². The first-order valence-electron chi connectivity index (χ1n) is 6.59. The Kier molecular flexibility index (Phi) is 5.00. The molecule has 8 heteroatoms. The molecule has 0 aromatic carbocycles. The predicted molar refractivity (Wildman–Crippen MR) is 84.5 cm³/mol. The van der Waals surface area contributed by atoms with Crippen molar-refractivity contribution in [1.29, 1.82) is 0 Å². The minimum Gasteiger partial charge on any atom is -0.346 e. The molecule has 2 aromatic rings. The molecule has 2 aromatic heterocycles. The molecule has 114 valence electrons. The van der Waals surface area contributed by atoms with Crippen LogP contribution >= 0.6 is 23.1 Å². The number of thioether (sulfide) groups is 1. The molecule has 1 amide bonds. The van der Waals surface area contributed by atoms with E-state index in [0.29, 0.717) is 10.9 Å². The standard InChI is InChI=1S/C13H19N5OS2/c1-8(11-17-9(5-20-11)13(2,3)4)16-10(19)6-21-12-14-7-15-18-12/h5,7-8H,6H2,1-4H3,(H,16,19)(H,14,15,18). The Morgan fingerprint density at radius 1 is 1.52 bits per heavy atom. The summed E-state index contributed by atoms with van der Waals surface area (Å²) in [7, 11) is 0. The van der Waals surface area contributed by atoms with Gasteiger partial charge in [-0.3, -0.25) is 9.89 Å². The fraction of sp³-hybridized carbons (Fsp3) is 0.538. The fourth-order valence-electron chi connectivity index (χ4n) is 1.57. The number of aromatic nitrogens is 4. The van der Waals surface area contributed by atoms with E-state index in [-0.39, 0.29) is 17.4 Å². The van der Waals surface area contributed by atoms with Crippen molar-refractivity contribution in [2.45, 2.75) is 44.3 Å². The third-order valence-electron chi connectivity index (χ3n) is 2.77. The van der Waals surface area contributed by atoms with E-state index < -0.39 is 0 Å². The molecular formula is C13H19N5OS2. The van der Waals surface area contributed by atoms with E-state index in [1.165, 1.54) is 18.1 Å². The highest BCUT2D eigenvalue weighted by molar-refractivity contribution is 7.99. The van der Waals surface area contributed by atoms with E-state index in [9.17, 15) is 4.79 Å². The molecule has 2 N–H and O–H groups in total. The number of nitrogens with one attached hydrogen (secondary N) is 2. The van der Waals surface area contributed by atoms with Crippen molar-refractivity contribution in [3.8, 4) is 0 Å². The molecule has 2 heterocycles. The van der Waals surface area contributed by atoms with Gasteiger partial charge in [0.15, 0.2) is 5.16 Å². The summed E-state index contributed by atoms with van der Waals surface area (Å²) in [5.74, 6) is 0.258. The molecule has 1 atom stereocenters. The number of amides is 1. The summed E-state index contributed by atoms with van der Waals surface area (Å²) in [4.78, 5) is 20.5. The summed E-state index contributed by atoms with van der Waals surface area (Å²) >= 11 is 2.90. The molecule has 0 bridgehead atoms. The van der Waals surface area contributed by atoms with Crippen LogP contribution in [0.4, 0.5) is 0 Å². The highest BCUT2D eigenvalue weighted by Gasteiger charge is 2.20. The normalized spacial score (nSPS) is 13.1. The van der Waals surface area contributed by atoms with Crippen LogP contribution in [0, 0.1) is 0 Å². The Hall–Kier alpha value is -1.41. The molecule has 0 radical (unpaired) electrons. The van der Waals surface area contributed by atoms with Gasteiger partial charge in [0.25, 0.3) is 0 Å². The third-order valence-corrected chi connectivity index (χ3v) is 4.68. The summed E-state index contributed by atoms with van der Waals surface area (Å²) in [6.45, 7) is 8.33. The van der Waals surface area contributed by atoms with E-state index >= 15 is 0 Å². The fourth-order valence-corrected chi connectivity index (χ4v) is 3.22. The Morgan fingerprint density at radius 2 is 2.29 bits per heavy atom. The van der Waals surface area contributed by atoms with Crippen LogP contribution in [-0.2, 0) is 10.2 Å². The number of carbonyl (C=O) groups excluding carboxylic acids is 1. The van der Waals surface area contributed by atoms with Gasteiger partial charge in [0.1, 0.15) is 11.3 Å². The van der Waals surface area contributed by atoms with Crippen LogP contribution in [-0.4, -0.2) is 31.8 Å². The second kappa shape index (κ2) is 6.57. The number of thiazole rings is 1. The van der Waals surface area contributed by atoms with Crippen LogP contribution in [0.5, 0.6) is 0 Å². The smallest absolute Gasteiger partial charge is 0.231 e. The third kappa shape index (κ3) is 4.53. The summed E-state index contributed by atoms with van der Waals surface area (Å²) in [5.41, 5.74) is 1.08. The van der Waals surface area contributed by atoms with Gasteiger partial charge < -0.3 is 5.32 Å². The Balaban J connectivity index is 1.87. The van der Waals surface area contributed by atoms with Gasteiger partial charge in [0, 0.05) is 10.8 Å². The number of hydrogen-bond acceptors (Lipinski definition) is 6. The number of rotatable bonds is 5. The SMILES string of the molecule is CC(NC(=O)CSc1ncn[nH]1)c1nc(C(C)(C)C)cs1. The molecule has 2 rings (SSSR count). The molecule has 0 spiro atoms.